The maximum Gasteiger partial charge on any atom is 0.110 e. The van der Waals surface area contributed by atoms with Gasteiger partial charge in [0, 0.05) is 18.1 Å². The first kappa shape index (κ1) is 11.5. The Morgan fingerprint density at radius 3 is 2.73 bits per heavy atom. The van der Waals surface area contributed by atoms with Gasteiger partial charge in [0.1, 0.15) is 5.82 Å². The van der Waals surface area contributed by atoms with E-state index in [1.54, 1.807) is 0 Å². The molecular weight excluding hydrogens is 184 g/mol. The van der Waals surface area contributed by atoms with Gasteiger partial charge in [-0.3, -0.25) is 0 Å². The lowest BCUT2D eigenvalue weighted by Gasteiger charge is -2.04. The normalized spacial score (nSPS) is 13.9. The largest absolute Gasteiger partial charge is 0.304 e. The van der Waals surface area contributed by atoms with Gasteiger partial charge >= 0.3 is 0 Å². The van der Waals surface area contributed by atoms with E-state index in [0.717, 1.165) is 12.2 Å². The second-order valence-corrected chi connectivity index (χ2v) is 3.00. The van der Waals surface area contributed by atoms with Gasteiger partial charge in [-0.15, -0.1) is 0 Å². The van der Waals surface area contributed by atoms with Crippen LogP contribution in [0.3, 0.4) is 0 Å². The third-order valence-electron chi connectivity index (χ3n) is 2.08. The molecule has 2 rings (SSSR count). The monoisotopic (exact) mass is 202 g/mol. The average Bonchev–Trinajstić information content (AvgIpc) is 2.57. The van der Waals surface area contributed by atoms with Crippen LogP contribution in [0.4, 0.5) is 0 Å². The van der Waals surface area contributed by atoms with Crippen molar-refractivity contribution in [1.29, 1.82) is 0 Å². The van der Waals surface area contributed by atoms with E-state index in [1.165, 1.54) is 5.70 Å². The Labute approximate surface area is 91.7 Å². The number of hydrogen-bond acceptors (Lipinski definition) is 1. The molecule has 0 atom stereocenters. The van der Waals surface area contributed by atoms with Crippen LogP contribution in [0.25, 0.3) is 5.70 Å². The highest BCUT2D eigenvalue weighted by molar-refractivity contribution is 5.59. The Morgan fingerprint density at radius 2 is 2.07 bits per heavy atom. The number of imidazole rings is 1. The van der Waals surface area contributed by atoms with Crippen LogP contribution in [-0.4, -0.2) is 9.55 Å². The molecule has 0 unspecified atom stereocenters. The Morgan fingerprint density at radius 1 is 1.27 bits per heavy atom. The summed E-state index contributed by atoms with van der Waals surface area (Å²) in [6.07, 6.45) is 15.3. The van der Waals surface area contributed by atoms with Crippen LogP contribution in [0.1, 0.15) is 26.1 Å². The van der Waals surface area contributed by atoms with Crippen molar-refractivity contribution in [3.05, 3.63) is 48.6 Å². The van der Waals surface area contributed by atoms with E-state index in [1.807, 2.05) is 33.2 Å². The van der Waals surface area contributed by atoms with Crippen LogP contribution in [0.2, 0.25) is 0 Å². The van der Waals surface area contributed by atoms with E-state index in [2.05, 4.69) is 39.9 Å². The van der Waals surface area contributed by atoms with Crippen molar-refractivity contribution in [3.63, 3.8) is 0 Å². The molecule has 2 heteroatoms. The zero-order valence-electron chi connectivity index (χ0n) is 9.64. The Hall–Kier alpha value is -1.57. The number of aryl methyl sites for hydroxylation is 1. The van der Waals surface area contributed by atoms with Crippen molar-refractivity contribution in [2.75, 3.05) is 0 Å². The molecule has 0 radical (unpaired) electrons. The molecule has 1 aromatic rings. The number of allylic oxidation sites excluding steroid dienone is 6. The molecule has 0 bridgehead atoms. The number of aromatic nitrogens is 2. The third-order valence-corrected chi connectivity index (χ3v) is 2.08. The zero-order valence-corrected chi connectivity index (χ0v) is 9.64. The van der Waals surface area contributed by atoms with Crippen LogP contribution in [0.15, 0.2) is 42.8 Å². The summed E-state index contributed by atoms with van der Waals surface area (Å²) in [5.41, 5.74) is 1.19. The Kier molecular flexibility index (Phi) is 4.61. The summed E-state index contributed by atoms with van der Waals surface area (Å²) in [4.78, 5) is 4.19. The molecule has 0 saturated carbocycles. The first-order valence-electron chi connectivity index (χ1n) is 5.41. The zero-order chi connectivity index (χ0) is 11.1. The summed E-state index contributed by atoms with van der Waals surface area (Å²) >= 11 is 0. The van der Waals surface area contributed by atoms with E-state index in [-0.39, 0.29) is 0 Å². The fourth-order valence-electron chi connectivity index (χ4n) is 1.40. The number of hydrogen-bond donors (Lipinski definition) is 0. The minimum Gasteiger partial charge on any atom is -0.304 e. The summed E-state index contributed by atoms with van der Waals surface area (Å²) < 4.78 is 2.09. The second kappa shape index (κ2) is 6.02. The lowest BCUT2D eigenvalue weighted by Crippen LogP contribution is -1.95. The van der Waals surface area contributed by atoms with Gasteiger partial charge in [-0.05, 0) is 19.4 Å². The highest BCUT2D eigenvalue weighted by Gasteiger charge is 1.99. The molecule has 80 valence electrons. The second-order valence-electron chi connectivity index (χ2n) is 3.00. The molecule has 0 aromatic carbocycles. The van der Waals surface area contributed by atoms with E-state index in [9.17, 15) is 0 Å². The van der Waals surface area contributed by atoms with Crippen LogP contribution in [-0.2, 0) is 0 Å². The van der Waals surface area contributed by atoms with Crippen molar-refractivity contribution in [2.45, 2.75) is 27.2 Å². The van der Waals surface area contributed by atoms with E-state index in [0.29, 0.717) is 0 Å². The average molecular weight is 202 g/mol. The van der Waals surface area contributed by atoms with Gasteiger partial charge in [0.2, 0.25) is 0 Å². The molecule has 15 heavy (non-hydrogen) atoms. The molecule has 0 amide bonds. The van der Waals surface area contributed by atoms with Gasteiger partial charge in [-0.25, -0.2) is 4.98 Å². The van der Waals surface area contributed by atoms with E-state index in [4.69, 9.17) is 0 Å². The van der Waals surface area contributed by atoms with Gasteiger partial charge in [0.15, 0.2) is 0 Å². The first-order valence-corrected chi connectivity index (χ1v) is 5.41. The summed E-state index contributed by atoms with van der Waals surface area (Å²) in [7, 11) is 0. The topological polar surface area (TPSA) is 17.8 Å². The van der Waals surface area contributed by atoms with E-state index < -0.39 is 0 Å². The lowest BCUT2D eigenvalue weighted by atomic mass is 10.3. The van der Waals surface area contributed by atoms with Crippen LogP contribution in [0, 0.1) is 6.92 Å². The lowest BCUT2D eigenvalue weighted by molar-refractivity contribution is 1.00. The molecule has 1 aromatic heterocycles. The highest BCUT2D eigenvalue weighted by atomic mass is 15.1. The molecule has 1 heterocycles. The standard InChI is InChI=1S/C11H12N2.C2H6/c1-10-12-8-9-13(10)11-6-4-2-3-5-7-11;1-2/h2-4,6-9H,5H2,1H3;1-2H3. The van der Waals surface area contributed by atoms with Crippen LogP contribution < -0.4 is 0 Å². The molecule has 0 aliphatic heterocycles. The summed E-state index contributed by atoms with van der Waals surface area (Å²) in [5, 5.41) is 0. The van der Waals surface area contributed by atoms with Gasteiger partial charge < -0.3 is 4.57 Å². The van der Waals surface area contributed by atoms with Gasteiger partial charge in [-0.1, -0.05) is 38.2 Å². The minimum absolute atomic E-state index is 0.986. The van der Waals surface area contributed by atoms with Gasteiger partial charge in [0.25, 0.3) is 0 Å². The molecule has 1 aliphatic carbocycles. The molecule has 1 aliphatic rings. The van der Waals surface area contributed by atoms with Crippen molar-refractivity contribution in [2.24, 2.45) is 0 Å². The SMILES string of the molecule is CC.Cc1nccn1C1=CCC=CC=C1. The fourth-order valence-corrected chi connectivity index (χ4v) is 1.40. The van der Waals surface area contributed by atoms with Gasteiger partial charge in [0.05, 0.1) is 0 Å². The van der Waals surface area contributed by atoms with Gasteiger partial charge in [-0.2, -0.15) is 0 Å². The maximum absolute atomic E-state index is 4.19. The number of rotatable bonds is 1. The molecule has 0 fully saturated rings. The maximum atomic E-state index is 4.19. The molecular formula is C13H18N2. The van der Waals surface area contributed by atoms with Crippen LogP contribution >= 0.6 is 0 Å². The molecule has 0 saturated heterocycles. The van der Waals surface area contributed by atoms with Crippen LogP contribution in [0.5, 0.6) is 0 Å². The number of nitrogens with zero attached hydrogens (tertiary/aromatic N) is 2. The quantitative estimate of drug-likeness (QED) is 0.680. The summed E-state index contributed by atoms with van der Waals surface area (Å²) in [6, 6.07) is 0. The Bertz CT molecular complexity index is 381. The fraction of sp³-hybridized carbons (Fsp3) is 0.308. The van der Waals surface area contributed by atoms with E-state index >= 15 is 0 Å². The van der Waals surface area contributed by atoms with Crippen molar-refractivity contribution in [3.8, 4) is 0 Å². The molecule has 0 N–H and O–H groups in total. The summed E-state index contributed by atoms with van der Waals surface area (Å²) in [6.45, 7) is 6.01. The smallest absolute Gasteiger partial charge is 0.110 e. The summed E-state index contributed by atoms with van der Waals surface area (Å²) in [5.74, 6) is 1.03. The van der Waals surface area contributed by atoms with Crippen molar-refractivity contribution >= 4 is 5.70 Å². The molecule has 0 spiro atoms. The predicted octanol–water partition coefficient (Wildman–Crippen LogP) is 3.57. The molecule has 2 nitrogen and oxygen atoms in total. The minimum atomic E-state index is 0.986. The third kappa shape index (κ3) is 2.94. The van der Waals surface area contributed by atoms with Crippen molar-refractivity contribution in [1.82, 2.24) is 9.55 Å². The predicted molar refractivity (Wildman–Crippen MR) is 65.5 cm³/mol. The first-order chi connectivity index (χ1) is 7.38. The Balaban J connectivity index is 0.000000531. The van der Waals surface area contributed by atoms with Crippen molar-refractivity contribution < 1.29 is 0 Å². The highest BCUT2D eigenvalue weighted by Crippen LogP contribution is 2.12.